The average molecular weight is 263 g/mol. The van der Waals surface area contributed by atoms with E-state index in [0.717, 1.165) is 18.0 Å². The van der Waals surface area contributed by atoms with Gasteiger partial charge >= 0.3 is 0 Å². The molecule has 1 aromatic rings. The molecule has 0 saturated heterocycles. The molecule has 0 unspecified atom stereocenters. The first-order valence-corrected chi connectivity index (χ1v) is 7.65. The van der Waals surface area contributed by atoms with E-state index < -0.39 is 0 Å². The molecule has 0 bridgehead atoms. The van der Waals surface area contributed by atoms with Crippen molar-refractivity contribution in [2.75, 3.05) is 0 Å². The van der Waals surface area contributed by atoms with Gasteiger partial charge in [0, 0.05) is 12.6 Å². The number of hydrogen-bond acceptors (Lipinski definition) is 1. The zero-order valence-corrected chi connectivity index (χ0v) is 12.2. The molecule has 0 amide bonds. The van der Waals surface area contributed by atoms with Gasteiger partial charge in [0.05, 0.1) is 0 Å². The predicted molar refractivity (Wildman–Crippen MR) is 78.6 cm³/mol. The Bertz CT molecular complexity index is 394. The predicted octanol–water partition coefficient (Wildman–Crippen LogP) is 4.58. The van der Waals surface area contributed by atoms with Crippen LogP contribution < -0.4 is 5.32 Å². The minimum Gasteiger partial charge on any atom is -0.310 e. The summed E-state index contributed by atoms with van der Waals surface area (Å²) >= 11 is 0. The molecule has 0 spiro atoms. The zero-order chi connectivity index (χ0) is 13.7. The average Bonchev–Trinajstić information content (AvgIpc) is 2.68. The van der Waals surface area contributed by atoms with Crippen LogP contribution in [0.1, 0.15) is 56.6 Å². The second kappa shape index (κ2) is 7.04. The topological polar surface area (TPSA) is 12.0 Å². The summed E-state index contributed by atoms with van der Waals surface area (Å²) < 4.78 is 13.3. The Balaban J connectivity index is 1.88. The standard InChI is InChI=1S/C17H26FN/c1-13-9-10-17(18)11-16(13)12-19-14(2)15-7-5-3-4-6-8-15/h9-11,14-15,19H,3-8,12H2,1-2H3/t14-/m0/s1. The first kappa shape index (κ1) is 14.5. The van der Waals surface area contributed by atoms with Gasteiger partial charge in [-0.05, 0) is 55.9 Å². The fourth-order valence-electron chi connectivity index (χ4n) is 3.08. The van der Waals surface area contributed by atoms with Gasteiger partial charge in [-0.25, -0.2) is 4.39 Å². The lowest BCUT2D eigenvalue weighted by Gasteiger charge is -2.24. The summed E-state index contributed by atoms with van der Waals surface area (Å²) in [5.41, 5.74) is 2.25. The molecule has 19 heavy (non-hydrogen) atoms. The van der Waals surface area contributed by atoms with Crippen LogP contribution in [-0.2, 0) is 6.54 Å². The summed E-state index contributed by atoms with van der Waals surface area (Å²) in [7, 11) is 0. The van der Waals surface area contributed by atoms with Crippen LogP contribution in [0.2, 0.25) is 0 Å². The molecular formula is C17H26FN. The Morgan fingerprint density at radius 3 is 2.58 bits per heavy atom. The highest BCUT2D eigenvalue weighted by Crippen LogP contribution is 2.25. The van der Waals surface area contributed by atoms with Crippen molar-refractivity contribution in [3.63, 3.8) is 0 Å². The van der Waals surface area contributed by atoms with E-state index in [1.807, 2.05) is 13.0 Å². The van der Waals surface area contributed by atoms with Crippen LogP contribution in [0.4, 0.5) is 4.39 Å². The van der Waals surface area contributed by atoms with Crippen molar-refractivity contribution in [1.82, 2.24) is 5.32 Å². The summed E-state index contributed by atoms with van der Waals surface area (Å²) in [6.07, 6.45) is 8.22. The van der Waals surface area contributed by atoms with Crippen molar-refractivity contribution in [2.24, 2.45) is 5.92 Å². The van der Waals surface area contributed by atoms with Crippen LogP contribution in [-0.4, -0.2) is 6.04 Å². The number of hydrogen-bond donors (Lipinski definition) is 1. The molecule has 1 fully saturated rings. The molecule has 1 N–H and O–H groups in total. The van der Waals surface area contributed by atoms with Crippen LogP contribution in [0.5, 0.6) is 0 Å². The van der Waals surface area contributed by atoms with Crippen molar-refractivity contribution in [3.05, 3.63) is 35.1 Å². The molecule has 1 atom stereocenters. The molecule has 0 radical (unpaired) electrons. The number of benzene rings is 1. The van der Waals surface area contributed by atoms with Gasteiger partial charge in [-0.15, -0.1) is 0 Å². The summed E-state index contributed by atoms with van der Waals surface area (Å²) in [6.45, 7) is 5.11. The highest BCUT2D eigenvalue weighted by Gasteiger charge is 2.18. The molecule has 1 aliphatic carbocycles. The van der Waals surface area contributed by atoms with E-state index in [1.165, 1.54) is 50.2 Å². The maximum absolute atomic E-state index is 13.3. The van der Waals surface area contributed by atoms with Gasteiger partial charge in [0.15, 0.2) is 0 Å². The molecule has 1 nitrogen and oxygen atoms in total. The van der Waals surface area contributed by atoms with E-state index in [2.05, 4.69) is 12.2 Å². The summed E-state index contributed by atoms with van der Waals surface area (Å²) in [5.74, 6) is 0.654. The SMILES string of the molecule is Cc1ccc(F)cc1CN[C@@H](C)C1CCCCCC1. The monoisotopic (exact) mass is 263 g/mol. The number of nitrogens with one attached hydrogen (secondary N) is 1. The minimum atomic E-state index is -0.135. The highest BCUT2D eigenvalue weighted by molar-refractivity contribution is 5.26. The van der Waals surface area contributed by atoms with E-state index in [-0.39, 0.29) is 5.82 Å². The maximum atomic E-state index is 13.3. The van der Waals surface area contributed by atoms with Crippen LogP contribution in [0.25, 0.3) is 0 Å². The first-order valence-electron chi connectivity index (χ1n) is 7.65. The fourth-order valence-corrected chi connectivity index (χ4v) is 3.08. The maximum Gasteiger partial charge on any atom is 0.123 e. The Hall–Kier alpha value is -0.890. The first-order chi connectivity index (χ1) is 9.16. The van der Waals surface area contributed by atoms with Gasteiger partial charge in [0.2, 0.25) is 0 Å². The van der Waals surface area contributed by atoms with Crippen LogP contribution in [0.15, 0.2) is 18.2 Å². The van der Waals surface area contributed by atoms with Gasteiger partial charge < -0.3 is 5.32 Å². The summed E-state index contributed by atoms with van der Waals surface area (Å²) in [4.78, 5) is 0. The van der Waals surface area contributed by atoms with Crippen molar-refractivity contribution in [3.8, 4) is 0 Å². The summed E-state index contributed by atoms with van der Waals surface area (Å²) in [6, 6.07) is 5.58. The molecule has 2 rings (SSSR count). The zero-order valence-electron chi connectivity index (χ0n) is 12.2. The molecule has 1 saturated carbocycles. The van der Waals surface area contributed by atoms with Crippen molar-refractivity contribution < 1.29 is 4.39 Å². The highest BCUT2D eigenvalue weighted by atomic mass is 19.1. The molecule has 0 aromatic heterocycles. The molecule has 2 heteroatoms. The Morgan fingerprint density at radius 1 is 1.21 bits per heavy atom. The quantitative estimate of drug-likeness (QED) is 0.784. The molecule has 1 aromatic carbocycles. The minimum absolute atomic E-state index is 0.135. The third kappa shape index (κ3) is 4.31. The number of rotatable bonds is 4. The van der Waals surface area contributed by atoms with E-state index in [0.29, 0.717) is 6.04 Å². The third-order valence-corrected chi connectivity index (χ3v) is 4.53. The normalized spacial score (nSPS) is 19.1. The van der Waals surface area contributed by atoms with E-state index >= 15 is 0 Å². The van der Waals surface area contributed by atoms with Gasteiger partial charge in [-0.2, -0.15) is 0 Å². The van der Waals surface area contributed by atoms with Crippen LogP contribution in [0.3, 0.4) is 0 Å². The van der Waals surface area contributed by atoms with Gasteiger partial charge in [0.25, 0.3) is 0 Å². The second-order valence-electron chi connectivity index (χ2n) is 5.99. The van der Waals surface area contributed by atoms with Crippen LogP contribution >= 0.6 is 0 Å². The third-order valence-electron chi connectivity index (χ3n) is 4.53. The smallest absolute Gasteiger partial charge is 0.123 e. The lowest BCUT2D eigenvalue weighted by Crippen LogP contribution is -2.33. The molecule has 0 aliphatic heterocycles. The largest absolute Gasteiger partial charge is 0.310 e. The van der Waals surface area contributed by atoms with Gasteiger partial charge in [-0.1, -0.05) is 31.7 Å². The Labute approximate surface area is 116 Å². The van der Waals surface area contributed by atoms with Crippen molar-refractivity contribution >= 4 is 0 Å². The van der Waals surface area contributed by atoms with Crippen molar-refractivity contribution in [2.45, 2.75) is 65.0 Å². The second-order valence-corrected chi connectivity index (χ2v) is 5.99. The molecular weight excluding hydrogens is 237 g/mol. The molecule has 1 aliphatic rings. The van der Waals surface area contributed by atoms with E-state index in [1.54, 1.807) is 6.07 Å². The fraction of sp³-hybridized carbons (Fsp3) is 0.647. The van der Waals surface area contributed by atoms with E-state index in [4.69, 9.17) is 0 Å². The van der Waals surface area contributed by atoms with Crippen LogP contribution in [0, 0.1) is 18.7 Å². The van der Waals surface area contributed by atoms with Gasteiger partial charge in [-0.3, -0.25) is 0 Å². The lowest BCUT2D eigenvalue weighted by atomic mass is 9.93. The number of halogens is 1. The lowest BCUT2D eigenvalue weighted by molar-refractivity contribution is 0.336. The molecule has 0 heterocycles. The van der Waals surface area contributed by atoms with Crippen molar-refractivity contribution in [1.29, 1.82) is 0 Å². The van der Waals surface area contributed by atoms with E-state index in [9.17, 15) is 4.39 Å². The van der Waals surface area contributed by atoms with Gasteiger partial charge in [0.1, 0.15) is 5.82 Å². The summed E-state index contributed by atoms with van der Waals surface area (Å²) in [5, 5.41) is 3.60. The number of aryl methyl sites for hydroxylation is 1. The Morgan fingerprint density at radius 2 is 1.89 bits per heavy atom. The molecule has 106 valence electrons. The Kier molecular flexibility index (Phi) is 5.38.